The second-order valence-corrected chi connectivity index (χ2v) is 8.99. The monoisotopic (exact) mass is 480 g/mol. The van der Waals surface area contributed by atoms with Crippen LogP contribution < -0.4 is 10.6 Å². The van der Waals surface area contributed by atoms with Crippen LogP contribution in [-0.2, 0) is 14.3 Å². The number of thiazole rings is 1. The van der Waals surface area contributed by atoms with Crippen molar-refractivity contribution in [1.82, 2.24) is 14.9 Å². The second-order valence-electron chi connectivity index (χ2n) is 8.12. The fraction of sp³-hybridized carbons (Fsp3) is 0.280. The molecule has 0 bridgehead atoms. The van der Waals surface area contributed by atoms with Gasteiger partial charge in [-0.3, -0.25) is 14.2 Å². The van der Waals surface area contributed by atoms with E-state index in [1.807, 2.05) is 43.7 Å². The highest BCUT2D eigenvalue weighted by Crippen LogP contribution is 2.23. The number of carbonyl (C=O) groups is 3. The number of hydrogen-bond acceptors (Lipinski definition) is 6. The van der Waals surface area contributed by atoms with Gasteiger partial charge in [0, 0.05) is 35.6 Å². The van der Waals surface area contributed by atoms with Gasteiger partial charge in [-0.1, -0.05) is 26.0 Å². The number of benzene rings is 1. The summed E-state index contributed by atoms with van der Waals surface area (Å²) in [5.74, 6) is -1.15. The van der Waals surface area contributed by atoms with Crippen molar-refractivity contribution < 1.29 is 19.1 Å². The number of rotatable bonds is 9. The van der Waals surface area contributed by atoms with Crippen LogP contribution in [0.4, 0.5) is 5.69 Å². The first kappa shape index (κ1) is 24.9. The maximum atomic E-state index is 12.4. The van der Waals surface area contributed by atoms with Crippen LogP contribution in [0.5, 0.6) is 0 Å². The van der Waals surface area contributed by atoms with E-state index in [1.54, 1.807) is 36.5 Å². The smallest absolute Gasteiger partial charge is 0.331 e. The summed E-state index contributed by atoms with van der Waals surface area (Å²) in [7, 11) is 0. The van der Waals surface area contributed by atoms with Crippen LogP contribution in [-0.4, -0.2) is 40.5 Å². The molecule has 3 aromatic rings. The Balaban J connectivity index is 1.56. The SMILES string of the molecule is Cc1cc(/C=C/C(=O)OCC(=O)Nc2ccccc2C(=O)NCC(C)C)c(C)n1-c1nccs1. The molecule has 0 unspecified atom stereocenters. The lowest BCUT2D eigenvalue weighted by Crippen LogP contribution is -2.29. The average molecular weight is 481 g/mol. The number of amides is 2. The summed E-state index contributed by atoms with van der Waals surface area (Å²) >= 11 is 1.53. The lowest BCUT2D eigenvalue weighted by Gasteiger charge is -2.12. The highest BCUT2D eigenvalue weighted by molar-refractivity contribution is 7.12. The zero-order chi connectivity index (χ0) is 24.7. The van der Waals surface area contributed by atoms with Gasteiger partial charge in [0.25, 0.3) is 11.8 Å². The Bertz CT molecular complexity index is 1200. The number of esters is 1. The molecule has 0 spiro atoms. The van der Waals surface area contributed by atoms with Crippen LogP contribution >= 0.6 is 11.3 Å². The molecule has 0 saturated heterocycles. The summed E-state index contributed by atoms with van der Waals surface area (Å²) in [6, 6.07) is 8.64. The molecule has 0 saturated carbocycles. The van der Waals surface area contributed by atoms with Crippen molar-refractivity contribution in [2.45, 2.75) is 27.7 Å². The average Bonchev–Trinajstić information content (AvgIpc) is 3.42. The Morgan fingerprint density at radius 1 is 1.21 bits per heavy atom. The molecule has 1 aromatic carbocycles. The van der Waals surface area contributed by atoms with Gasteiger partial charge >= 0.3 is 5.97 Å². The fourth-order valence-corrected chi connectivity index (χ4v) is 4.04. The van der Waals surface area contributed by atoms with E-state index < -0.39 is 18.5 Å². The molecule has 2 amide bonds. The second kappa shape index (κ2) is 11.4. The minimum absolute atomic E-state index is 0.278. The van der Waals surface area contributed by atoms with Crippen molar-refractivity contribution in [2.24, 2.45) is 5.92 Å². The topological polar surface area (TPSA) is 102 Å². The summed E-state index contributed by atoms with van der Waals surface area (Å²) in [5.41, 5.74) is 3.50. The van der Waals surface area contributed by atoms with Gasteiger partial charge in [0.1, 0.15) is 0 Å². The molecule has 0 radical (unpaired) electrons. The largest absolute Gasteiger partial charge is 0.452 e. The lowest BCUT2D eigenvalue weighted by atomic mass is 10.1. The zero-order valence-electron chi connectivity index (χ0n) is 19.6. The van der Waals surface area contributed by atoms with E-state index in [-0.39, 0.29) is 5.91 Å². The fourth-order valence-electron chi connectivity index (χ4n) is 3.29. The Kier molecular flexibility index (Phi) is 8.37. The van der Waals surface area contributed by atoms with E-state index >= 15 is 0 Å². The molecule has 2 N–H and O–H groups in total. The molecular weight excluding hydrogens is 452 g/mol. The number of para-hydroxylation sites is 1. The molecule has 2 aromatic heterocycles. The van der Waals surface area contributed by atoms with E-state index in [4.69, 9.17) is 4.74 Å². The van der Waals surface area contributed by atoms with Crippen molar-refractivity contribution >= 4 is 40.9 Å². The normalized spacial score (nSPS) is 11.1. The minimum atomic E-state index is -0.642. The highest BCUT2D eigenvalue weighted by Gasteiger charge is 2.15. The summed E-state index contributed by atoms with van der Waals surface area (Å²) in [4.78, 5) is 41.2. The first-order chi connectivity index (χ1) is 16.3. The first-order valence-electron chi connectivity index (χ1n) is 10.9. The molecule has 9 heteroatoms. The van der Waals surface area contributed by atoms with E-state index in [2.05, 4.69) is 15.6 Å². The molecule has 2 heterocycles. The molecule has 0 aliphatic rings. The standard InChI is InChI=1S/C25H28N4O4S/c1-16(2)14-27-24(32)20-7-5-6-8-21(20)28-22(30)15-33-23(31)10-9-19-13-17(3)29(18(19)4)25-26-11-12-34-25/h5-13,16H,14-15H2,1-4H3,(H,27,32)(H,28,30)/b10-9+. The van der Waals surface area contributed by atoms with Crippen molar-refractivity contribution in [2.75, 3.05) is 18.5 Å². The summed E-state index contributed by atoms with van der Waals surface area (Å²) < 4.78 is 7.08. The van der Waals surface area contributed by atoms with Gasteiger partial charge in [-0.25, -0.2) is 9.78 Å². The lowest BCUT2D eigenvalue weighted by molar-refractivity contribution is -0.142. The van der Waals surface area contributed by atoms with Crippen molar-refractivity contribution in [1.29, 1.82) is 0 Å². The van der Waals surface area contributed by atoms with Crippen LogP contribution in [0.1, 0.15) is 41.2 Å². The van der Waals surface area contributed by atoms with E-state index in [0.717, 1.165) is 22.1 Å². The Hall–Kier alpha value is -3.72. The van der Waals surface area contributed by atoms with Crippen molar-refractivity contribution in [3.8, 4) is 5.13 Å². The molecule has 0 fully saturated rings. The van der Waals surface area contributed by atoms with Gasteiger partial charge in [0.15, 0.2) is 11.7 Å². The third-order valence-electron chi connectivity index (χ3n) is 4.94. The maximum absolute atomic E-state index is 12.4. The summed E-state index contributed by atoms with van der Waals surface area (Å²) in [6.45, 7) is 7.96. The Morgan fingerprint density at radius 3 is 2.68 bits per heavy atom. The van der Waals surface area contributed by atoms with Gasteiger partial charge in [-0.15, -0.1) is 11.3 Å². The van der Waals surface area contributed by atoms with E-state index in [0.29, 0.717) is 23.7 Å². The zero-order valence-corrected chi connectivity index (χ0v) is 20.4. The van der Waals surface area contributed by atoms with E-state index in [1.165, 1.54) is 17.4 Å². The van der Waals surface area contributed by atoms with Crippen LogP contribution in [0.2, 0.25) is 0 Å². The summed E-state index contributed by atoms with van der Waals surface area (Å²) in [5, 5.41) is 8.22. The summed E-state index contributed by atoms with van der Waals surface area (Å²) in [6.07, 6.45) is 4.68. The van der Waals surface area contributed by atoms with Crippen molar-refractivity contribution in [3.63, 3.8) is 0 Å². The predicted molar refractivity (Wildman–Crippen MR) is 133 cm³/mol. The van der Waals surface area contributed by atoms with Crippen LogP contribution in [0.25, 0.3) is 11.2 Å². The molecular formula is C25H28N4O4S. The third kappa shape index (κ3) is 6.41. The molecule has 0 aliphatic heterocycles. The third-order valence-corrected chi connectivity index (χ3v) is 5.70. The predicted octanol–water partition coefficient (Wildman–Crippen LogP) is 4.13. The molecule has 3 rings (SSSR count). The number of ether oxygens (including phenoxy) is 1. The van der Waals surface area contributed by atoms with Gasteiger partial charge in [-0.2, -0.15) is 0 Å². The number of aromatic nitrogens is 2. The number of nitrogens with zero attached hydrogens (tertiary/aromatic N) is 2. The quantitative estimate of drug-likeness (QED) is 0.354. The van der Waals surface area contributed by atoms with Crippen LogP contribution in [0.3, 0.4) is 0 Å². The Morgan fingerprint density at radius 2 is 1.97 bits per heavy atom. The molecule has 0 atom stereocenters. The molecule has 34 heavy (non-hydrogen) atoms. The minimum Gasteiger partial charge on any atom is -0.452 e. The first-order valence-corrected chi connectivity index (χ1v) is 11.7. The van der Waals surface area contributed by atoms with Crippen LogP contribution in [0.15, 0.2) is 48.0 Å². The number of aryl methyl sites for hydroxylation is 1. The molecule has 178 valence electrons. The molecule has 8 nitrogen and oxygen atoms in total. The van der Waals surface area contributed by atoms with Crippen molar-refractivity contribution in [3.05, 3.63) is 70.5 Å². The maximum Gasteiger partial charge on any atom is 0.331 e. The number of nitrogens with one attached hydrogen (secondary N) is 2. The van der Waals surface area contributed by atoms with Gasteiger partial charge in [-0.05, 0) is 49.6 Å². The Labute approximate surface area is 202 Å². The number of anilines is 1. The number of hydrogen-bond donors (Lipinski definition) is 2. The molecule has 0 aliphatic carbocycles. The van der Waals surface area contributed by atoms with Crippen LogP contribution in [0, 0.1) is 19.8 Å². The number of carbonyl (C=O) groups excluding carboxylic acids is 3. The highest BCUT2D eigenvalue weighted by atomic mass is 32.1. The van der Waals surface area contributed by atoms with Gasteiger partial charge in [0.2, 0.25) is 0 Å². The van der Waals surface area contributed by atoms with Gasteiger partial charge in [0.05, 0.1) is 11.3 Å². The van der Waals surface area contributed by atoms with Gasteiger partial charge < -0.3 is 15.4 Å². The van der Waals surface area contributed by atoms with E-state index in [9.17, 15) is 14.4 Å².